The van der Waals surface area contributed by atoms with Crippen LogP contribution in [0.15, 0.2) is 42.9 Å². The molecule has 0 aliphatic heterocycles. The Morgan fingerprint density at radius 3 is 2.43 bits per heavy atom. The fourth-order valence-corrected chi connectivity index (χ4v) is 2.17. The van der Waals surface area contributed by atoms with Crippen LogP contribution < -0.4 is 10.0 Å². The third-order valence-corrected chi connectivity index (χ3v) is 4.36. The number of amides is 1. The molecule has 2 N–H and O–H groups in total. The van der Waals surface area contributed by atoms with E-state index in [2.05, 4.69) is 20.0 Å². The molecule has 2 rings (SSSR count). The SMILES string of the molecule is CN(C)S(=O)(=O)Nc1ccc(CNC(=O)c2ccncc2)cn1. The first-order valence-corrected chi connectivity index (χ1v) is 8.16. The first kappa shape index (κ1) is 16.8. The molecule has 2 aromatic rings. The zero-order valence-corrected chi connectivity index (χ0v) is 13.5. The van der Waals surface area contributed by atoms with E-state index >= 15 is 0 Å². The fourth-order valence-electron chi connectivity index (χ4n) is 1.60. The second kappa shape index (κ2) is 7.16. The smallest absolute Gasteiger partial charge is 0.302 e. The third kappa shape index (κ3) is 4.73. The highest BCUT2D eigenvalue weighted by atomic mass is 32.2. The van der Waals surface area contributed by atoms with Crippen molar-refractivity contribution >= 4 is 21.9 Å². The van der Waals surface area contributed by atoms with E-state index in [1.165, 1.54) is 26.4 Å². The molecule has 0 saturated carbocycles. The number of pyridine rings is 2. The summed E-state index contributed by atoms with van der Waals surface area (Å²) in [5.74, 6) is -0.00676. The molecule has 0 bridgehead atoms. The first-order chi connectivity index (χ1) is 10.9. The van der Waals surface area contributed by atoms with Crippen LogP contribution in [-0.4, -0.2) is 42.7 Å². The van der Waals surface area contributed by atoms with Gasteiger partial charge in [-0.25, -0.2) is 4.98 Å². The highest BCUT2D eigenvalue weighted by Gasteiger charge is 2.13. The number of carbonyl (C=O) groups is 1. The largest absolute Gasteiger partial charge is 0.348 e. The molecular weight excluding hydrogens is 318 g/mol. The Hall–Kier alpha value is -2.52. The topological polar surface area (TPSA) is 104 Å². The van der Waals surface area contributed by atoms with Crippen LogP contribution in [0.25, 0.3) is 0 Å². The summed E-state index contributed by atoms with van der Waals surface area (Å²) in [6.07, 6.45) is 4.59. The lowest BCUT2D eigenvalue weighted by atomic mass is 10.2. The predicted octanol–water partition coefficient (Wildman–Crippen LogP) is 0.625. The quantitative estimate of drug-likeness (QED) is 0.805. The van der Waals surface area contributed by atoms with Crippen molar-refractivity contribution in [3.63, 3.8) is 0 Å². The molecule has 0 aliphatic carbocycles. The number of nitrogens with zero attached hydrogens (tertiary/aromatic N) is 3. The maximum absolute atomic E-state index is 11.9. The van der Waals surface area contributed by atoms with E-state index in [9.17, 15) is 13.2 Å². The summed E-state index contributed by atoms with van der Waals surface area (Å²) >= 11 is 0. The Bertz CT molecular complexity index is 761. The van der Waals surface area contributed by atoms with Crippen molar-refractivity contribution in [2.75, 3.05) is 18.8 Å². The maximum atomic E-state index is 11.9. The van der Waals surface area contributed by atoms with Crippen LogP contribution in [0, 0.1) is 0 Å². The highest BCUT2D eigenvalue weighted by molar-refractivity contribution is 7.90. The summed E-state index contributed by atoms with van der Waals surface area (Å²) in [6.45, 7) is 0.287. The van der Waals surface area contributed by atoms with Gasteiger partial charge < -0.3 is 5.32 Å². The normalized spacial score (nSPS) is 11.3. The summed E-state index contributed by atoms with van der Waals surface area (Å²) < 4.78 is 26.7. The summed E-state index contributed by atoms with van der Waals surface area (Å²) in [6, 6.07) is 6.46. The second-order valence-corrected chi connectivity index (χ2v) is 6.74. The van der Waals surface area contributed by atoms with E-state index < -0.39 is 10.2 Å². The molecule has 122 valence electrons. The van der Waals surface area contributed by atoms with Crippen LogP contribution in [0.5, 0.6) is 0 Å². The lowest BCUT2D eigenvalue weighted by Crippen LogP contribution is -2.29. The Labute approximate surface area is 134 Å². The van der Waals surface area contributed by atoms with E-state index in [1.54, 1.807) is 30.6 Å². The average molecular weight is 335 g/mol. The van der Waals surface area contributed by atoms with Gasteiger partial charge in [-0.3, -0.25) is 14.5 Å². The molecule has 0 saturated heterocycles. The summed E-state index contributed by atoms with van der Waals surface area (Å²) in [4.78, 5) is 19.8. The van der Waals surface area contributed by atoms with Crippen LogP contribution in [0.4, 0.5) is 5.82 Å². The number of aromatic nitrogens is 2. The van der Waals surface area contributed by atoms with Gasteiger partial charge in [0.05, 0.1) is 0 Å². The Kier molecular flexibility index (Phi) is 5.24. The van der Waals surface area contributed by atoms with Crippen LogP contribution >= 0.6 is 0 Å². The lowest BCUT2D eigenvalue weighted by molar-refractivity contribution is 0.0951. The van der Waals surface area contributed by atoms with Crippen molar-refractivity contribution in [3.05, 3.63) is 54.0 Å². The van der Waals surface area contributed by atoms with Crippen LogP contribution in [0.1, 0.15) is 15.9 Å². The minimum atomic E-state index is -3.58. The van der Waals surface area contributed by atoms with Gasteiger partial charge >= 0.3 is 10.2 Å². The van der Waals surface area contributed by atoms with Gasteiger partial charge in [-0.1, -0.05) is 6.07 Å². The molecule has 0 radical (unpaired) electrons. The van der Waals surface area contributed by atoms with Crippen molar-refractivity contribution in [1.82, 2.24) is 19.6 Å². The van der Waals surface area contributed by atoms with E-state index in [4.69, 9.17) is 0 Å². The van der Waals surface area contributed by atoms with Crippen LogP contribution in [0.2, 0.25) is 0 Å². The number of carbonyl (C=O) groups excluding carboxylic acids is 1. The summed E-state index contributed by atoms with van der Waals surface area (Å²) in [5, 5.41) is 2.75. The van der Waals surface area contributed by atoms with Gasteiger partial charge in [-0.05, 0) is 23.8 Å². The second-order valence-electron chi connectivity index (χ2n) is 4.86. The van der Waals surface area contributed by atoms with Gasteiger partial charge in [-0.2, -0.15) is 12.7 Å². The molecule has 2 aromatic heterocycles. The lowest BCUT2D eigenvalue weighted by Gasteiger charge is -2.12. The zero-order chi connectivity index (χ0) is 16.9. The minimum absolute atomic E-state index is 0.211. The molecule has 9 heteroatoms. The number of anilines is 1. The molecular formula is C14H17N5O3S. The molecule has 0 atom stereocenters. The van der Waals surface area contributed by atoms with Gasteiger partial charge in [0.15, 0.2) is 0 Å². The minimum Gasteiger partial charge on any atom is -0.348 e. The average Bonchev–Trinajstić information content (AvgIpc) is 2.54. The zero-order valence-electron chi connectivity index (χ0n) is 12.7. The van der Waals surface area contributed by atoms with Crippen molar-refractivity contribution in [3.8, 4) is 0 Å². The molecule has 23 heavy (non-hydrogen) atoms. The molecule has 0 fully saturated rings. The van der Waals surface area contributed by atoms with Crippen molar-refractivity contribution < 1.29 is 13.2 Å². The van der Waals surface area contributed by atoms with Crippen molar-refractivity contribution in [1.29, 1.82) is 0 Å². The molecule has 8 nitrogen and oxygen atoms in total. The van der Waals surface area contributed by atoms with Gasteiger partial charge in [0.1, 0.15) is 5.82 Å². The van der Waals surface area contributed by atoms with E-state index in [0.717, 1.165) is 9.87 Å². The van der Waals surface area contributed by atoms with Crippen LogP contribution in [0.3, 0.4) is 0 Å². The fraction of sp³-hybridized carbons (Fsp3) is 0.214. The number of hydrogen-bond donors (Lipinski definition) is 2. The van der Waals surface area contributed by atoms with Crippen LogP contribution in [-0.2, 0) is 16.8 Å². The van der Waals surface area contributed by atoms with E-state index in [1.807, 2.05) is 0 Å². The highest BCUT2D eigenvalue weighted by Crippen LogP contribution is 2.08. The molecule has 0 aliphatic rings. The molecule has 2 heterocycles. The summed E-state index contributed by atoms with van der Waals surface area (Å²) in [5.41, 5.74) is 1.27. The number of rotatable bonds is 6. The monoisotopic (exact) mass is 335 g/mol. The van der Waals surface area contributed by atoms with Gasteiger partial charge in [0.2, 0.25) is 0 Å². The Morgan fingerprint density at radius 1 is 1.17 bits per heavy atom. The molecule has 0 spiro atoms. The maximum Gasteiger partial charge on any atom is 0.302 e. The van der Waals surface area contributed by atoms with E-state index in [0.29, 0.717) is 5.56 Å². The van der Waals surface area contributed by atoms with Gasteiger partial charge in [0.25, 0.3) is 5.91 Å². The Morgan fingerprint density at radius 2 is 1.87 bits per heavy atom. The van der Waals surface area contributed by atoms with Crippen molar-refractivity contribution in [2.24, 2.45) is 0 Å². The first-order valence-electron chi connectivity index (χ1n) is 6.72. The van der Waals surface area contributed by atoms with E-state index in [-0.39, 0.29) is 18.3 Å². The molecule has 0 aromatic carbocycles. The Balaban J connectivity index is 1.94. The number of nitrogens with one attached hydrogen (secondary N) is 2. The third-order valence-electron chi connectivity index (χ3n) is 2.93. The van der Waals surface area contributed by atoms with Crippen molar-refractivity contribution in [2.45, 2.75) is 6.54 Å². The predicted molar refractivity (Wildman–Crippen MR) is 85.9 cm³/mol. The summed E-state index contributed by atoms with van der Waals surface area (Å²) in [7, 11) is -0.737. The molecule has 1 amide bonds. The standard InChI is InChI=1S/C14H17N5O3S/c1-19(2)23(21,22)18-13-4-3-11(9-16-13)10-17-14(20)12-5-7-15-8-6-12/h3-9H,10H2,1-2H3,(H,16,18)(H,17,20). The molecule has 0 unspecified atom stereocenters. The van der Waals surface area contributed by atoms with Gasteiger partial charge in [0, 0.05) is 44.8 Å². The van der Waals surface area contributed by atoms with Gasteiger partial charge in [-0.15, -0.1) is 0 Å². The number of hydrogen-bond acceptors (Lipinski definition) is 5.